The Balaban J connectivity index is 1.09. The van der Waals surface area contributed by atoms with E-state index in [1.807, 2.05) is 12.1 Å². The zero-order valence-electron chi connectivity index (χ0n) is 37.6. The van der Waals surface area contributed by atoms with E-state index in [1.165, 1.54) is 33.4 Å². The molecule has 0 saturated carbocycles. The Morgan fingerprint density at radius 1 is 0.485 bits per heavy atom. The molecule has 66 heavy (non-hydrogen) atoms. The van der Waals surface area contributed by atoms with E-state index in [0.717, 1.165) is 67.5 Å². The van der Waals surface area contributed by atoms with Crippen molar-refractivity contribution in [1.82, 2.24) is 0 Å². The lowest BCUT2D eigenvalue weighted by molar-refractivity contribution is 0.660. The van der Waals surface area contributed by atoms with Crippen molar-refractivity contribution >= 4 is 39.6 Å². The summed E-state index contributed by atoms with van der Waals surface area (Å²) in [5.74, 6) is 0. The van der Waals surface area contributed by atoms with Gasteiger partial charge in [0.2, 0.25) is 0 Å². The van der Waals surface area contributed by atoms with Gasteiger partial charge in [0.25, 0.3) is 0 Å². The number of anilines is 5. The summed E-state index contributed by atoms with van der Waals surface area (Å²) in [5, 5.41) is 0. The van der Waals surface area contributed by atoms with Gasteiger partial charge < -0.3 is 9.80 Å². The van der Waals surface area contributed by atoms with E-state index in [4.69, 9.17) is 6.58 Å². The summed E-state index contributed by atoms with van der Waals surface area (Å²) in [7, 11) is 0. The standard InChI is InChI=1S/C64H50N2/c1-46(65(54-38-34-51(35-39-54)49-23-11-6-12-24-49)55-40-36-52(37-41-55)50-25-13-7-14-26-50)33-43-57(47(2)48-21-9-5-10-22-48)60-30-18-20-32-63(60)66(53-27-15-8-16-28-53)56-42-44-59-58-29-17-19-31-61(58)64(3,4)62(59)45-56/h6-9,11-45H,1H2,2-4H3/b43-33-,57-47-. The van der Waals surface area contributed by atoms with Gasteiger partial charge in [-0.2, -0.15) is 0 Å². The Bertz CT molecular complexity index is 3120. The molecule has 316 valence electrons. The van der Waals surface area contributed by atoms with Crippen LogP contribution in [-0.2, 0) is 5.41 Å². The summed E-state index contributed by atoms with van der Waals surface area (Å²) in [6, 6.07) is 86.3. The average Bonchev–Trinajstić information content (AvgIpc) is 3.61. The number of nitrogens with zero attached hydrogens (tertiary/aromatic N) is 2. The molecule has 0 aromatic heterocycles. The topological polar surface area (TPSA) is 6.48 Å². The lowest BCUT2D eigenvalue weighted by Crippen LogP contribution is -2.17. The quantitative estimate of drug-likeness (QED) is 0.113. The highest BCUT2D eigenvalue weighted by atomic mass is 15.2. The van der Waals surface area contributed by atoms with Crippen LogP contribution in [0.1, 0.15) is 43.0 Å². The van der Waals surface area contributed by atoms with Crippen molar-refractivity contribution in [2.24, 2.45) is 0 Å². The third-order valence-corrected chi connectivity index (χ3v) is 13.0. The molecule has 0 amide bonds. The largest absolute Gasteiger partial charge is 0.311 e. The summed E-state index contributed by atoms with van der Waals surface area (Å²) in [6.07, 6.45) is 4.40. The third-order valence-electron chi connectivity index (χ3n) is 13.0. The second-order valence-electron chi connectivity index (χ2n) is 17.3. The molecule has 0 aliphatic heterocycles. The SMILES string of the molecule is C=C(/C=C\C(=C(/C)c1cc#ccc1)c1ccccc1N(c1ccccc1)c1ccc2c(c1)C(C)(C)c1ccccc1-2)N(c1ccc(-c2ccccc2)cc1)c1ccc(-c2ccccc2)cc1. The minimum Gasteiger partial charge on any atom is -0.311 e. The zero-order valence-corrected chi connectivity index (χ0v) is 37.6. The molecule has 0 fully saturated rings. The summed E-state index contributed by atoms with van der Waals surface area (Å²) < 4.78 is 0. The maximum absolute atomic E-state index is 4.78. The molecule has 0 radical (unpaired) electrons. The maximum Gasteiger partial charge on any atom is 0.0540 e. The number of benzene rings is 8. The number of fused-ring (bicyclic) bond motifs is 3. The molecule has 1 aliphatic rings. The van der Waals surface area contributed by atoms with Gasteiger partial charge >= 0.3 is 0 Å². The van der Waals surface area contributed by atoms with E-state index < -0.39 is 0 Å². The van der Waals surface area contributed by atoms with Crippen LogP contribution in [-0.4, -0.2) is 0 Å². The van der Waals surface area contributed by atoms with E-state index >= 15 is 0 Å². The van der Waals surface area contributed by atoms with Crippen molar-refractivity contribution in [2.75, 3.05) is 9.80 Å². The van der Waals surface area contributed by atoms with E-state index in [-0.39, 0.29) is 5.41 Å². The monoisotopic (exact) mass is 846 g/mol. The molecule has 0 bridgehead atoms. The van der Waals surface area contributed by atoms with Crippen LogP contribution in [0.3, 0.4) is 0 Å². The molecule has 1 aliphatic carbocycles. The van der Waals surface area contributed by atoms with Crippen LogP contribution in [0.15, 0.2) is 249 Å². The second kappa shape index (κ2) is 18.0. The summed E-state index contributed by atoms with van der Waals surface area (Å²) in [5.41, 5.74) is 20.3. The van der Waals surface area contributed by atoms with Gasteiger partial charge in [-0.15, -0.1) is 0 Å². The Labute approximate surface area is 390 Å². The molecule has 0 N–H and O–H groups in total. The third kappa shape index (κ3) is 8.04. The number of hydrogen-bond donors (Lipinski definition) is 0. The van der Waals surface area contributed by atoms with Crippen LogP contribution in [0.4, 0.5) is 28.4 Å². The Morgan fingerprint density at radius 3 is 1.64 bits per heavy atom. The molecule has 2 heteroatoms. The smallest absolute Gasteiger partial charge is 0.0540 e. The van der Waals surface area contributed by atoms with Gasteiger partial charge in [0, 0.05) is 39.4 Å². The molecule has 0 atom stereocenters. The normalized spacial score (nSPS) is 12.7. The van der Waals surface area contributed by atoms with Crippen molar-refractivity contribution in [1.29, 1.82) is 0 Å². The van der Waals surface area contributed by atoms with Crippen LogP contribution in [0, 0.1) is 12.1 Å². The van der Waals surface area contributed by atoms with Crippen LogP contribution in [0.5, 0.6) is 0 Å². The summed E-state index contributed by atoms with van der Waals surface area (Å²) in [4.78, 5) is 4.65. The fourth-order valence-electron chi connectivity index (χ4n) is 9.49. The van der Waals surface area contributed by atoms with Crippen LogP contribution < -0.4 is 9.80 Å². The number of allylic oxidation sites excluding steroid dienone is 4. The first-order valence-electron chi connectivity index (χ1n) is 22.6. The van der Waals surface area contributed by atoms with E-state index in [0.29, 0.717) is 0 Å². The minimum atomic E-state index is -0.148. The lowest BCUT2D eigenvalue weighted by Gasteiger charge is -2.30. The van der Waals surface area contributed by atoms with Crippen molar-refractivity contribution in [3.8, 4) is 33.4 Å². The lowest BCUT2D eigenvalue weighted by atomic mass is 9.82. The molecular formula is C64H50N2. The molecule has 9 aromatic carbocycles. The minimum absolute atomic E-state index is 0.148. The first-order valence-corrected chi connectivity index (χ1v) is 22.6. The van der Waals surface area contributed by atoms with E-state index in [1.54, 1.807) is 0 Å². The predicted octanol–water partition coefficient (Wildman–Crippen LogP) is 17.2. The van der Waals surface area contributed by atoms with Gasteiger partial charge in [-0.3, -0.25) is 0 Å². The van der Waals surface area contributed by atoms with E-state index in [2.05, 4.69) is 267 Å². The molecule has 0 unspecified atom stereocenters. The molecule has 0 saturated heterocycles. The Morgan fingerprint density at radius 2 is 1.02 bits per heavy atom. The van der Waals surface area contributed by atoms with Gasteiger partial charge in [0.05, 0.1) is 5.69 Å². The molecule has 9 aromatic rings. The highest BCUT2D eigenvalue weighted by Gasteiger charge is 2.36. The predicted molar refractivity (Wildman–Crippen MR) is 279 cm³/mol. The first-order chi connectivity index (χ1) is 32.3. The highest BCUT2D eigenvalue weighted by molar-refractivity contribution is 6.00. The number of para-hydroxylation sites is 2. The summed E-state index contributed by atoms with van der Waals surface area (Å²) in [6.45, 7) is 11.7. The molecule has 2 nitrogen and oxygen atoms in total. The maximum atomic E-state index is 4.78. The van der Waals surface area contributed by atoms with Crippen LogP contribution in [0.2, 0.25) is 0 Å². The fraction of sp³-hybridized carbons (Fsp3) is 0.0625. The van der Waals surface area contributed by atoms with Crippen molar-refractivity contribution in [3.05, 3.63) is 283 Å². The Kier molecular flexibility index (Phi) is 11.4. The van der Waals surface area contributed by atoms with E-state index in [9.17, 15) is 0 Å². The van der Waals surface area contributed by atoms with Crippen molar-refractivity contribution in [2.45, 2.75) is 26.2 Å². The van der Waals surface area contributed by atoms with Crippen molar-refractivity contribution < 1.29 is 0 Å². The summed E-state index contributed by atoms with van der Waals surface area (Å²) >= 11 is 0. The molecule has 0 spiro atoms. The number of rotatable bonds is 12. The molecular weight excluding hydrogens is 797 g/mol. The van der Waals surface area contributed by atoms with Gasteiger partial charge in [0.15, 0.2) is 0 Å². The first kappa shape index (κ1) is 41.6. The van der Waals surface area contributed by atoms with Gasteiger partial charge in [-0.1, -0.05) is 190 Å². The van der Waals surface area contributed by atoms with Gasteiger partial charge in [-0.05, 0) is 147 Å². The van der Waals surface area contributed by atoms with Gasteiger partial charge in [-0.25, -0.2) is 0 Å². The fourth-order valence-corrected chi connectivity index (χ4v) is 9.49. The van der Waals surface area contributed by atoms with Crippen LogP contribution in [0.25, 0.3) is 44.5 Å². The molecule has 0 heterocycles. The highest BCUT2D eigenvalue weighted by Crippen LogP contribution is 2.51. The molecule has 10 rings (SSSR count). The Hall–Kier alpha value is -8.38. The zero-order chi connectivity index (χ0) is 45.0. The number of hydrogen-bond acceptors (Lipinski definition) is 2. The van der Waals surface area contributed by atoms with Gasteiger partial charge in [0.1, 0.15) is 0 Å². The van der Waals surface area contributed by atoms with Crippen LogP contribution >= 0.6 is 0 Å². The second-order valence-corrected chi connectivity index (χ2v) is 17.3. The van der Waals surface area contributed by atoms with Crippen molar-refractivity contribution in [3.63, 3.8) is 0 Å². The average molecular weight is 847 g/mol.